The van der Waals surface area contributed by atoms with Gasteiger partial charge in [0.25, 0.3) is 0 Å². The van der Waals surface area contributed by atoms with Crippen LogP contribution in [-0.4, -0.2) is 16.4 Å². The van der Waals surface area contributed by atoms with Crippen molar-refractivity contribution in [3.05, 3.63) is 36.5 Å². The molecule has 0 aliphatic carbocycles. The Morgan fingerprint density at radius 2 is 2.25 bits per heavy atom. The van der Waals surface area contributed by atoms with E-state index in [1.807, 2.05) is 42.8 Å². The number of hydrogen-bond donors (Lipinski definition) is 0. The Morgan fingerprint density at radius 3 is 3.00 bits per heavy atom. The molecule has 0 fully saturated rings. The van der Waals surface area contributed by atoms with Crippen molar-refractivity contribution in [3.63, 3.8) is 0 Å². The molecule has 0 atom stereocenters. The summed E-state index contributed by atoms with van der Waals surface area (Å²) in [4.78, 5) is 0. The van der Waals surface area contributed by atoms with Crippen LogP contribution in [0.1, 0.15) is 15.2 Å². The van der Waals surface area contributed by atoms with E-state index < -0.39 is 0 Å². The topological polar surface area (TPSA) is 27.1 Å². The Labute approximate surface area is 97.1 Å². The number of hydrogen-bond acceptors (Lipinski definition) is 2. The zero-order valence-corrected chi connectivity index (χ0v) is 9.60. The smallest absolute Gasteiger partial charge is 0.119 e. The molecule has 0 saturated heterocycles. The van der Waals surface area contributed by atoms with Gasteiger partial charge in [-0.15, -0.1) is 0 Å². The third-order valence-electron chi connectivity index (χ3n) is 2.40. The van der Waals surface area contributed by atoms with Crippen LogP contribution in [-0.2, 0) is 6.54 Å². The van der Waals surface area contributed by atoms with Crippen molar-refractivity contribution in [3.8, 4) is 17.0 Å². The van der Waals surface area contributed by atoms with Gasteiger partial charge in [0.15, 0.2) is 0 Å². The van der Waals surface area contributed by atoms with Gasteiger partial charge in [-0.2, -0.15) is 5.10 Å². The van der Waals surface area contributed by atoms with Crippen molar-refractivity contribution in [2.45, 2.75) is 20.4 Å². The lowest BCUT2D eigenvalue weighted by Crippen LogP contribution is -1.99. The number of aromatic nitrogens is 2. The standard InChI is InChI=1S/C13H16N2O/c1-3-15-13(8-9-14-15)11-6-5-7-12(10-11)16-4-2/h5-10H,3-4H2,1-2H3/i9D. The second kappa shape index (κ2) is 4.84. The molecule has 3 heteroatoms. The molecule has 0 saturated carbocycles. The number of rotatable bonds is 4. The summed E-state index contributed by atoms with van der Waals surface area (Å²) in [7, 11) is 0. The molecule has 0 amide bonds. The van der Waals surface area contributed by atoms with Crippen LogP contribution in [0, 0.1) is 0 Å². The lowest BCUT2D eigenvalue weighted by atomic mass is 10.1. The number of benzene rings is 1. The quantitative estimate of drug-likeness (QED) is 0.787. The van der Waals surface area contributed by atoms with Crippen molar-refractivity contribution in [1.29, 1.82) is 0 Å². The molecule has 16 heavy (non-hydrogen) atoms. The van der Waals surface area contributed by atoms with Gasteiger partial charge in [0.05, 0.1) is 13.7 Å². The molecule has 0 spiro atoms. The maximum absolute atomic E-state index is 7.58. The van der Waals surface area contributed by atoms with Crippen molar-refractivity contribution >= 4 is 0 Å². The van der Waals surface area contributed by atoms with Crippen LogP contribution in [0.5, 0.6) is 5.75 Å². The number of ether oxygens (including phenoxy) is 1. The Bertz CT molecular complexity index is 508. The summed E-state index contributed by atoms with van der Waals surface area (Å²) in [6, 6.07) is 9.64. The molecule has 1 heterocycles. The highest BCUT2D eigenvalue weighted by molar-refractivity contribution is 5.61. The van der Waals surface area contributed by atoms with Gasteiger partial charge in [0.1, 0.15) is 5.75 Å². The number of nitrogens with zero attached hydrogens (tertiary/aromatic N) is 2. The van der Waals surface area contributed by atoms with Crippen LogP contribution in [0.3, 0.4) is 0 Å². The van der Waals surface area contributed by atoms with Crippen molar-refractivity contribution in [2.24, 2.45) is 0 Å². The summed E-state index contributed by atoms with van der Waals surface area (Å²) < 4.78 is 14.9. The van der Waals surface area contributed by atoms with E-state index in [0.29, 0.717) is 12.8 Å². The summed E-state index contributed by atoms with van der Waals surface area (Å²) in [5.41, 5.74) is 1.99. The predicted molar refractivity (Wildman–Crippen MR) is 64.5 cm³/mol. The first-order chi connectivity index (χ1) is 8.24. The lowest BCUT2D eigenvalue weighted by molar-refractivity contribution is 0.340. The highest BCUT2D eigenvalue weighted by atomic mass is 16.5. The second-order valence-corrected chi connectivity index (χ2v) is 3.44. The summed E-state index contributed by atoms with van der Waals surface area (Å²) >= 11 is 0. The van der Waals surface area contributed by atoms with E-state index in [1.165, 1.54) is 0 Å². The third-order valence-corrected chi connectivity index (χ3v) is 2.40. The lowest BCUT2D eigenvalue weighted by Gasteiger charge is -2.07. The Hall–Kier alpha value is -1.77. The highest BCUT2D eigenvalue weighted by Crippen LogP contribution is 2.23. The monoisotopic (exact) mass is 217 g/mol. The van der Waals surface area contributed by atoms with Crippen molar-refractivity contribution in [1.82, 2.24) is 9.78 Å². The molecule has 0 unspecified atom stereocenters. The highest BCUT2D eigenvalue weighted by Gasteiger charge is 2.04. The molecule has 0 N–H and O–H groups in total. The first-order valence-electron chi connectivity index (χ1n) is 6.02. The van der Waals surface area contributed by atoms with Gasteiger partial charge in [0, 0.05) is 18.3 Å². The van der Waals surface area contributed by atoms with Crippen LogP contribution >= 0.6 is 0 Å². The van der Waals surface area contributed by atoms with Crippen molar-refractivity contribution < 1.29 is 6.11 Å². The number of aryl methyl sites for hydroxylation is 1. The SMILES string of the molecule is [2H]c1cc(-c2cccc(OCC)c2)n(CC)n1. The molecule has 2 aromatic rings. The van der Waals surface area contributed by atoms with E-state index in [-0.39, 0.29) is 0 Å². The minimum atomic E-state index is 0.295. The summed E-state index contributed by atoms with van der Waals surface area (Å²) in [6.07, 6.45) is 0.295. The molecule has 2 rings (SSSR count). The molecule has 1 aromatic carbocycles. The van der Waals surface area contributed by atoms with Crippen molar-refractivity contribution in [2.75, 3.05) is 6.61 Å². The van der Waals surface area contributed by atoms with Gasteiger partial charge in [-0.25, -0.2) is 0 Å². The fourth-order valence-corrected chi connectivity index (χ4v) is 1.67. The molecule has 3 nitrogen and oxygen atoms in total. The molecule has 1 aromatic heterocycles. The van der Waals surface area contributed by atoms with E-state index >= 15 is 0 Å². The molecular formula is C13H16N2O. The molecule has 0 aliphatic heterocycles. The van der Waals surface area contributed by atoms with Gasteiger partial charge in [-0.05, 0) is 32.0 Å². The largest absolute Gasteiger partial charge is 0.494 e. The third kappa shape index (κ3) is 2.08. The predicted octanol–water partition coefficient (Wildman–Crippen LogP) is 2.97. The van der Waals surface area contributed by atoms with E-state index in [4.69, 9.17) is 6.11 Å². The first kappa shape index (κ1) is 9.46. The van der Waals surface area contributed by atoms with Gasteiger partial charge in [-0.1, -0.05) is 12.1 Å². The summed E-state index contributed by atoms with van der Waals surface area (Å²) in [6.45, 7) is 5.39. The molecular weight excluding hydrogens is 200 g/mol. The summed E-state index contributed by atoms with van der Waals surface area (Å²) in [5.74, 6) is 0.848. The maximum Gasteiger partial charge on any atom is 0.119 e. The average molecular weight is 217 g/mol. The Kier molecular flexibility index (Phi) is 2.86. The minimum Gasteiger partial charge on any atom is -0.494 e. The summed E-state index contributed by atoms with van der Waals surface area (Å²) in [5, 5.41) is 4.12. The van der Waals surface area contributed by atoms with Crippen LogP contribution < -0.4 is 4.74 Å². The molecule has 0 radical (unpaired) electrons. The van der Waals surface area contributed by atoms with Gasteiger partial charge in [-0.3, -0.25) is 4.68 Å². The Morgan fingerprint density at radius 1 is 1.38 bits per heavy atom. The Balaban J connectivity index is 2.41. The molecule has 84 valence electrons. The van der Waals surface area contributed by atoms with Crippen LogP contribution in [0.2, 0.25) is 0 Å². The van der Waals surface area contributed by atoms with Gasteiger partial charge >= 0.3 is 0 Å². The van der Waals surface area contributed by atoms with Gasteiger partial charge in [0.2, 0.25) is 0 Å². The zero-order chi connectivity index (χ0) is 12.3. The molecule has 0 aliphatic rings. The second-order valence-electron chi connectivity index (χ2n) is 3.44. The fraction of sp³-hybridized carbons (Fsp3) is 0.308. The molecule has 0 bridgehead atoms. The van der Waals surface area contributed by atoms with Gasteiger partial charge < -0.3 is 4.74 Å². The maximum atomic E-state index is 7.58. The van der Waals surface area contributed by atoms with E-state index in [2.05, 4.69) is 5.10 Å². The average Bonchev–Trinajstić information content (AvgIpc) is 2.71. The van der Waals surface area contributed by atoms with E-state index in [9.17, 15) is 0 Å². The van der Waals surface area contributed by atoms with E-state index in [0.717, 1.165) is 23.6 Å². The van der Waals surface area contributed by atoms with Crippen LogP contribution in [0.15, 0.2) is 36.5 Å². The normalized spacial score (nSPS) is 11.2. The van der Waals surface area contributed by atoms with Crippen LogP contribution in [0.4, 0.5) is 0 Å². The minimum absolute atomic E-state index is 0.295. The fourth-order valence-electron chi connectivity index (χ4n) is 1.67. The zero-order valence-electron chi connectivity index (χ0n) is 10.6. The van der Waals surface area contributed by atoms with E-state index in [1.54, 1.807) is 6.07 Å². The first-order valence-corrected chi connectivity index (χ1v) is 5.52. The van der Waals surface area contributed by atoms with Crippen LogP contribution in [0.25, 0.3) is 11.3 Å².